The summed E-state index contributed by atoms with van der Waals surface area (Å²) in [6.07, 6.45) is 5.43. The van der Waals surface area contributed by atoms with E-state index in [1.165, 1.54) is 0 Å². The van der Waals surface area contributed by atoms with Crippen molar-refractivity contribution in [1.82, 2.24) is 9.62 Å². The Morgan fingerprint density at radius 2 is 1.77 bits per heavy atom. The second-order valence-corrected chi connectivity index (χ2v) is 8.97. The van der Waals surface area contributed by atoms with Crippen molar-refractivity contribution in [3.63, 3.8) is 0 Å². The van der Waals surface area contributed by atoms with Crippen molar-refractivity contribution >= 4 is 28.3 Å². The number of nitrogens with zero attached hydrogens (tertiary/aromatic N) is 1. The summed E-state index contributed by atoms with van der Waals surface area (Å²) in [5, 5.41) is 2.98. The lowest BCUT2D eigenvalue weighted by atomic mass is 10.1. The van der Waals surface area contributed by atoms with Gasteiger partial charge in [0.15, 0.2) is 0 Å². The first-order chi connectivity index (χ1) is 12.0. The van der Waals surface area contributed by atoms with Crippen LogP contribution in [-0.2, 0) is 21.2 Å². The standard InChI is InChI=1S/C18H27N3O3S.ClH/c19-13-17(15-6-7-15)20-18(22)12-14-4-8-16(9-5-14)25(23,24)21-10-2-1-3-11-21;/h4-5,8-9,15,17H,1-3,6-7,10-13,19H2,(H,20,22);1H. The Bertz CT molecular complexity index is 699. The first-order valence-electron chi connectivity index (χ1n) is 9.09. The molecule has 2 fully saturated rings. The summed E-state index contributed by atoms with van der Waals surface area (Å²) in [6.45, 7) is 1.64. The predicted molar refractivity (Wildman–Crippen MR) is 104 cm³/mol. The van der Waals surface area contributed by atoms with Crippen molar-refractivity contribution in [3.8, 4) is 0 Å². The summed E-state index contributed by atoms with van der Waals surface area (Å²) in [4.78, 5) is 12.5. The van der Waals surface area contributed by atoms with Gasteiger partial charge in [-0.1, -0.05) is 18.6 Å². The van der Waals surface area contributed by atoms with Crippen molar-refractivity contribution in [2.24, 2.45) is 11.7 Å². The molecule has 2 aliphatic rings. The van der Waals surface area contributed by atoms with Crippen LogP contribution >= 0.6 is 12.4 Å². The molecule has 3 N–H and O–H groups in total. The van der Waals surface area contributed by atoms with Crippen LogP contribution in [0.15, 0.2) is 29.2 Å². The molecular formula is C18H28ClN3O3S. The normalized spacial score (nSPS) is 19.4. The van der Waals surface area contributed by atoms with E-state index in [1.54, 1.807) is 28.6 Å². The van der Waals surface area contributed by atoms with E-state index >= 15 is 0 Å². The van der Waals surface area contributed by atoms with Crippen LogP contribution < -0.4 is 11.1 Å². The van der Waals surface area contributed by atoms with Crippen LogP contribution in [0.25, 0.3) is 0 Å². The summed E-state index contributed by atoms with van der Waals surface area (Å²) in [5.74, 6) is 0.458. The molecule has 1 aliphatic heterocycles. The Kier molecular flexibility index (Phi) is 7.46. The third kappa shape index (κ3) is 5.19. The molecule has 1 aliphatic carbocycles. The molecule has 8 heteroatoms. The zero-order valence-electron chi connectivity index (χ0n) is 14.9. The van der Waals surface area contributed by atoms with Gasteiger partial charge in [0, 0.05) is 25.7 Å². The molecule has 26 heavy (non-hydrogen) atoms. The molecule has 1 amide bonds. The van der Waals surface area contributed by atoms with Gasteiger partial charge < -0.3 is 11.1 Å². The van der Waals surface area contributed by atoms with Crippen LogP contribution in [0.3, 0.4) is 0 Å². The minimum Gasteiger partial charge on any atom is -0.352 e. The molecule has 146 valence electrons. The van der Waals surface area contributed by atoms with E-state index in [4.69, 9.17) is 5.73 Å². The third-order valence-corrected chi connectivity index (χ3v) is 6.95. The van der Waals surface area contributed by atoms with Crippen molar-refractivity contribution in [1.29, 1.82) is 0 Å². The van der Waals surface area contributed by atoms with Gasteiger partial charge in [-0.2, -0.15) is 4.31 Å². The van der Waals surface area contributed by atoms with Crippen molar-refractivity contribution in [2.75, 3.05) is 19.6 Å². The topological polar surface area (TPSA) is 92.5 Å². The number of nitrogens with one attached hydrogen (secondary N) is 1. The smallest absolute Gasteiger partial charge is 0.243 e. The van der Waals surface area contributed by atoms with E-state index in [2.05, 4.69) is 5.32 Å². The zero-order chi connectivity index (χ0) is 17.9. The molecule has 0 radical (unpaired) electrons. The highest BCUT2D eigenvalue weighted by Crippen LogP contribution is 2.32. The van der Waals surface area contributed by atoms with Gasteiger partial charge in [0.1, 0.15) is 0 Å². The maximum atomic E-state index is 12.6. The molecule has 1 aromatic rings. The second-order valence-electron chi connectivity index (χ2n) is 7.03. The molecule has 1 unspecified atom stereocenters. The molecule has 1 saturated heterocycles. The molecule has 0 spiro atoms. The number of rotatable bonds is 7. The quantitative estimate of drug-likeness (QED) is 0.726. The fraction of sp³-hybridized carbons (Fsp3) is 0.611. The van der Waals surface area contributed by atoms with Gasteiger partial charge >= 0.3 is 0 Å². The third-order valence-electron chi connectivity index (χ3n) is 5.03. The number of sulfonamides is 1. The summed E-state index contributed by atoms with van der Waals surface area (Å²) in [7, 11) is -3.42. The van der Waals surface area contributed by atoms with E-state index in [0.717, 1.165) is 37.7 Å². The number of piperidine rings is 1. The Labute approximate surface area is 162 Å². The fourth-order valence-corrected chi connectivity index (χ4v) is 4.86. The number of halogens is 1. The van der Waals surface area contributed by atoms with Gasteiger partial charge in [0.25, 0.3) is 0 Å². The van der Waals surface area contributed by atoms with Crippen LogP contribution in [0.2, 0.25) is 0 Å². The molecule has 1 aromatic carbocycles. The van der Waals surface area contributed by atoms with Gasteiger partial charge in [-0.25, -0.2) is 8.42 Å². The first kappa shape index (κ1) is 21.2. The van der Waals surface area contributed by atoms with Crippen LogP contribution in [0.4, 0.5) is 0 Å². The van der Waals surface area contributed by atoms with Gasteiger partial charge in [0.05, 0.1) is 11.3 Å². The number of benzene rings is 1. The van der Waals surface area contributed by atoms with E-state index in [1.807, 2.05) is 0 Å². The number of hydrogen-bond acceptors (Lipinski definition) is 4. The number of hydrogen-bond donors (Lipinski definition) is 2. The highest BCUT2D eigenvalue weighted by Gasteiger charge is 2.31. The summed E-state index contributed by atoms with van der Waals surface area (Å²) in [6, 6.07) is 6.73. The van der Waals surface area contributed by atoms with E-state index in [0.29, 0.717) is 30.4 Å². The lowest BCUT2D eigenvalue weighted by Gasteiger charge is -2.25. The fourth-order valence-electron chi connectivity index (χ4n) is 3.34. The van der Waals surface area contributed by atoms with Crippen LogP contribution in [0, 0.1) is 5.92 Å². The highest BCUT2D eigenvalue weighted by atomic mass is 35.5. The average molecular weight is 402 g/mol. The maximum absolute atomic E-state index is 12.6. The van der Waals surface area contributed by atoms with Crippen LogP contribution in [0.5, 0.6) is 0 Å². The second kappa shape index (κ2) is 9.17. The lowest BCUT2D eigenvalue weighted by Crippen LogP contribution is -2.42. The summed E-state index contributed by atoms with van der Waals surface area (Å²) < 4.78 is 26.8. The molecule has 0 bridgehead atoms. The molecule has 1 saturated carbocycles. The summed E-state index contributed by atoms with van der Waals surface area (Å²) >= 11 is 0. The average Bonchev–Trinajstić information content (AvgIpc) is 3.46. The minimum atomic E-state index is -3.42. The Morgan fingerprint density at radius 1 is 1.15 bits per heavy atom. The van der Waals surface area contributed by atoms with Crippen molar-refractivity contribution < 1.29 is 13.2 Å². The van der Waals surface area contributed by atoms with Gasteiger partial charge in [-0.05, 0) is 49.3 Å². The molecule has 6 nitrogen and oxygen atoms in total. The van der Waals surface area contributed by atoms with Crippen LogP contribution in [0.1, 0.15) is 37.7 Å². The number of carbonyl (C=O) groups is 1. The molecule has 1 heterocycles. The first-order valence-corrected chi connectivity index (χ1v) is 10.5. The van der Waals surface area contributed by atoms with E-state index < -0.39 is 10.0 Å². The van der Waals surface area contributed by atoms with Gasteiger partial charge in [-0.15, -0.1) is 12.4 Å². The van der Waals surface area contributed by atoms with Gasteiger partial charge in [-0.3, -0.25) is 4.79 Å². The predicted octanol–water partition coefficient (Wildman–Crippen LogP) is 1.68. The number of nitrogens with two attached hydrogens (primary N) is 1. The SMILES string of the molecule is Cl.NCC(NC(=O)Cc1ccc(S(=O)(=O)N2CCCCC2)cc1)C1CC1. The summed E-state index contributed by atoms with van der Waals surface area (Å²) in [5.41, 5.74) is 6.51. The van der Waals surface area contributed by atoms with Gasteiger partial charge in [0.2, 0.25) is 15.9 Å². The van der Waals surface area contributed by atoms with E-state index in [-0.39, 0.29) is 30.8 Å². The monoisotopic (exact) mass is 401 g/mol. The van der Waals surface area contributed by atoms with Crippen LogP contribution in [-0.4, -0.2) is 44.3 Å². The molecular weight excluding hydrogens is 374 g/mol. The molecule has 3 rings (SSSR count). The minimum absolute atomic E-state index is 0. The Balaban J connectivity index is 0.00000243. The molecule has 1 atom stereocenters. The highest BCUT2D eigenvalue weighted by molar-refractivity contribution is 7.89. The zero-order valence-corrected chi connectivity index (χ0v) is 16.5. The Morgan fingerprint density at radius 3 is 2.31 bits per heavy atom. The number of carbonyl (C=O) groups excluding carboxylic acids is 1. The lowest BCUT2D eigenvalue weighted by molar-refractivity contribution is -0.121. The molecule has 0 aromatic heterocycles. The van der Waals surface area contributed by atoms with Crippen molar-refractivity contribution in [3.05, 3.63) is 29.8 Å². The number of amides is 1. The van der Waals surface area contributed by atoms with Crippen molar-refractivity contribution in [2.45, 2.75) is 49.5 Å². The maximum Gasteiger partial charge on any atom is 0.243 e. The largest absolute Gasteiger partial charge is 0.352 e. The van der Waals surface area contributed by atoms with E-state index in [9.17, 15) is 13.2 Å². The Hall–Kier alpha value is -1.15.